The molecule has 5 aromatic rings. The van der Waals surface area contributed by atoms with Crippen molar-refractivity contribution in [2.75, 3.05) is 7.11 Å². The third kappa shape index (κ3) is 4.58. The molecule has 39 heavy (non-hydrogen) atoms. The number of benzene rings is 3. The standard InChI is InChI=1S/C29H23F3N4O3/c1-17-23(21-11-5-7-14-25(21)35(17)18(2)28(38)39-3)16-33-36-26(19-9-8-10-20(15-19)29(30,31)32)34-24-13-6-4-12-22(24)27(36)37/h4-16,18H,1-3H3/t18-/m0/s1. The summed E-state index contributed by atoms with van der Waals surface area (Å²) in [6.45, 7) is 3.53. The van der Waals surface area contributed by atoms with Crippen LogP contribution in [0.4, 0.5) is 13.2 Å². The highest BCUT2D eigenvalue weighted by Crippen LogP contribution is 2.32. The van der Waals surface area contributed by atoms with Crippen LogP contribution in [0.2, 0.25) is 0 Å². The highest BCUT2D eigenvalue weighted by atomic mass is 19.4. The fraction of sp³-hybridized carbons (Fsp3) is 0.172. The van der Waals surface area contributed by atoms with E-state index in [9.17, 15) is 22.8 Å². The first-order valence-electron chi connectivity index (χ1n) is 12.0. The predicted octanol–water partition coefficient (Wildman–Crippen LogP) is 5.96. The number of alkyl halides is 3. The van der Waals surface area contributed by atoms with E-state index < -0.39 is 29.3 Å². The number of aromatic nitrogens is 3. The molecule has 0 aliphatic rings. The molecule has 0 aliphatic heterocycles. The van der Waals surface area contributed by atoms with Gasteiger partial charge in [-0.15, -0.1) is 0 Å². The van der Waals surface area contributed by atoms with E-state index >= 15 is 0 Å². The Bertz CT molecular complexity index is 1820. The molecule has 198 valence electrons. The van der Waals surface area contributed by atoms with Gasteiger partial charge in [0.1, 0.15) is 6.04 Å². The van der Waals surface area contributed by atoms with Crippen LogP contribution in [0.5, 0.6) is 0 Å². The Morgan fingerprint density at radius 1 is 1.03 bits per heavy atom. The van der Waals surface area contributed by atoms with Gasteiger partial charge in [0.25, 0.3) is 5.56 Å². The van der Waals surface area contributed by atoms with Crippen LogP contribution in [-0.4, -0.2) is 33.5 Å². The monoisotopic (exact) mass is 532 g/mol. The maximum Gasteiger partial charge on any atom is 0.416 e. The first-order chi connectivity index (χ1) is 18.6. The van der Waals surface area contributed by atoms with Crippen molar-refractivity contribution in [3.05, 3.63) is 100.0 Å². The fourth-order valence-corrected chi connectivity index (χ4v) is 4.72. The summed E-state index contributed by atoms with van der Waals surface area (Å²) < 4.78 is 48.2. The molecule has 10 heteroatoms. The van der Waals surface area contributed by atoms with E-state index in [0.29, 0.717) is 16.8 Å². The van der Waals surface area contributed by atoms with Gasteiger partial charge in [-0.2, -0.15) is 22.9 Å². The highest BCUT2D eigenvalue weighted by molar-refractivity contribution is 6.02. The van der Waals surface area contributed by atoms with Crippen LogP contribution in [0.1, 0.15) is 29.8 Å². The van der Waals surface area contributed by atoms with E-state index in [1.165, 1.54) is 25.5 Å². The minimum absolute atomic E-state index is 0.0367. The summed E-state index contributed by atoms with van der Waals surface area (Å²) in [5.74, 6) is -0.463. The van der Waals surface area contributed by atoms with E-state index in [2.05, 4.69) is 10.1 Å². The van der Waals surface area contributed by atoms with Crippen molar-refractivity contribution in [1.29, 1.82) is 0 Å². The van der Waals surface area contributed by atoms with Gasteiger partial charge < -0.3 is 9.30 Å². The van der Waals surface area contributed by atoms with Gasteiger partial charge in [-0.05, 0) is 44.2 Å². The second-order valence-electron chi connectivity index (χ2n) is 8.98. The van der Waals surface area contributed by atoms with Crippen molar-refractivity contribution in [2.24, 2.45) is 5.10 Å². The van der Waals surface area contributed by atoms with Crippen molar-refractivity contribution in [3.63, 3.8) is 0 Å². The zero-order valence-electron chi connectivity index (χ0n) is 21.2. The Morgan fingerprint density at radius 3 is 2.44 bits per heavy atom. The molecular formula is C29H23F3N4O3. The topological polar surface area (TPSA) is 78.5 Å². The number of methoxy groups -OCH3 is 1. The summed E-state index contributed by atoms with van der Waals surface area (Å²) >= 11 is 0. The minimum atomic E-state index is -4.57. The van der Waals surface area contributed by atoms with Gasteiger partial charge in [-0.25, -0.2) is 9.78 Å². The molecule has 0 amide bonds. The summed E-state index contributed by atoms with van der Waals surface area (Å²) in [5.41, 5.74) is 1.11. The molecule has 0 spiro atoms. The summed E-state index contributed by atoms with van der Waals surface area (Å²) in [4.78, 5) is 30.4. The Balaban J connectivity index is 1.74. The van der Waals surface area contributed by atoms with Crippen molar-refractivity contribution < 1.29 is 22.7 Å². The molecule has 0 bridgehead atoms. The van der Waals surface area contributed by atoms with E-state index in [0.717, 1.165) is 27.7 Å². The van der Waals surface area contributed by atoms with Crippen LogP contribution in [0.25, 0.3) is 33.2 Å². The summed E-state index contributed by atoms with van der Waals surface area (Å²) in [6, 6.07) is 17.9. The lowest BCUT2D eigenvalue weighted by Crippen LogP contribution is -2.21. The van der Waals surface area contributed by atoms with Crippen molar-refractivity contribution in [1.82, 2.24) is 14.2 Å². The first kappa shape index (κ1) is 25.9. The van der Waals surface area contributed by atoms with Crippen LogP contribution in [0.15, 0.2) is 82.7 Å². The van der Waals surface area contributed by atoms with Crippen LogP contribution in [0, 0.1) is 6.92 Å². The Labute approximate surface area is 220 Å². The van der Waals surface area contributed by atoms with Crippen LogP contribution in [-0.2, 0) is 15.7 Å². The SMILES string of the molecule is COC(=O)[C@H](C)n1c(C)c(C=Nn2c(-c3cccc(C(F)(F)F)c3)nc3ccccc3c2=O)c2ccccc21. The first-order valence-corrected chi connectivity index (χ1v) is 12.0. The zero-order valence-corrected chi connectivity index (χ0v) is 21.2. The van der Waals surface area contributed by atoms with Gasteiger partial charge >= 0.3 is 12.1 Å². The molecule has 0 aliphatic carbocycles. The van der Waals surface area contributed by atoms with E-state index in [4.69, 9.17) is 4.74 Å². The highest BCUT2D eigenvalue weighted by Gasteiger charge is 2.31. The second kappa shape index (κ2) is 9.86. The number of nitrogens with zero attached hydrogens (tertiary/aromatic N) is 4. The lowest BCUT2D eigenvalue weighted by atomic mass is 10.1. The molecular weight excluding hydrogens is 509 g/mol. The van der Waals surface area contributed by atoms with Gasteiger partial charge in [-0.1, -0.05) is 42.5 Å². The molecule has 0 radical (unpaired) electrons. The maximum atomic E-state index is 13.5. The van der Waals surface area contributed by atoms with Crippen molar-refractivity contribution in [2.45, 2.75) is 26.1 Å². The number of carbonyl (C=O) groups is 1. The lowest BCUT2D eigenvalue weighted by Gasteiger charge is -2.15. The smallest absolute Gasteiger partial charge is 0.416 e. The van der Waals surface area contributed by atoms with E-state index in [1.807, 2.05) is 35.8 Å². The molecule has 2 heterocycles. The number of hydrogen-bond donors (Lipinski definition) is 0. The van der Waals surface area contributed by atoms with Crippen molar-refractivity contribution >= 4 is 34.0 Å². The quantitative estimate of drug-likeness (QED) is 0.207. The largest absolute Gasteiger partial charge is 0.467 e. The number of esters is 1. The third-order valence-corrected chi connectivity index (χ3v) is 6.64. The molecule has 5 rings (SSSR count). The maximum absolute atomic E-state index is 13.5. The normalized spacial score (nSPS) is 12.9. The van der Waals surface area contributed by atoms with Gasteiger partial charge in [0.05, 0.1) is 29.8 Å². The van der Waals surface area contributed by atoms with Gasteiger partial charge in [0, 0.05) is 27.7 Å². The molecule has 3 aromatic carbocycles. The summed E-state index contributed by atoms with van der Waals surface area (Å²) in [6.07, 6.45) is -3.11. The fourth-order valence-electron chi connectivity index (χ4n) is 4.72. The van der Waals surface area contributed by atoms with Gasteiger partial charge in [0.15, 0.2) is 5.82 Å². The Morgan fingerprint density at radius 2 is 1.72 bits per heavy atom. The lowest BCUT2D eigenvalue weighted by molar-refractivity contribution is -0.144. The zero-order chi connectivity index (χ0) is 27.9. The average molecular weight is 533 g/mol. The van der Waals surface area contributed by atoms with E-state index in [-0.39, 0.29) is 16.8 Å². The number of carbonyl (C=O) groups excluding carboxylic acids is 1. The van der Waals surface area contributed by atoms with E-state index in [1.54, 1.807) is 31.2 Å². The molecule has 1 atom stereocenters. The summed E-state index contributed by atoms with van der Waals surface area (Å²) in [7, 11) is 1.32. The van der Waals surface area contributed by atoms with Crippen LogP contribution >= 0.6 is 0 Å². The average Bonchev–Trinajstić information content (AvgIpc) is 3.22. The van der Waals surface area contributed by atoms with Gasteiger partial charge in [-0.3, -0.25) is 4.79 Å². The number of para-hydroxylation sites is 2. The Kier molecular flexibility index (Phi) is 6.55. The number of ether oxygens (including phenoxy) is 1. The molecule has 0 fully saturated rings. The minimum Gasteiger partial charge on any atom is -0.467 e. The van der Waals surface area contributed by atoms with Crippen molar-refractivity contribution in [3.8, 4) is 11.4 Å². The molecule has 7 nitrogen and oxygen atoms in total. The second-order valence-corrected chi connectivity index (χ2v) is 8.98. The van der Waals surface area contributed by atoms with Crippen LogP contribution in [0.3, 0.4) is 0 Å². The number of rotatable bonds is 5. The molecule has 0 unspecified atom stereocenters. The van der Waals surface area contributed by atoms with Gasteiger partial charge in [0.2, 0.25) is 0 Å². The molecule has 0 saturated heterocycles. The molecule has 0 N–H and O–H groups in total. The number of halogens is 3. The predicted molar refractivity (Wildman–Crippen MR) is 143 cm³/mol. The molecule has 0 saturated carbocycles. The Hall–Kier alpha value is -4.73. The third-order valence-electron chi connectivity index (χ3n) is 6.64. The summed E-state index contributed by atoms with van der Waals surface area (Å²) in [5, 5.41) is 5.49. The molecule has 2 aromatic heterocycles. The van der Waals surface area contributed by atoms with Crippen LogP contribution < -0.4 is 5.56 Å². The number of hydrogen-bond acceptors (Lipinski definition) is 5. The number of fused-ring (bicyclic) bond motifs is 2.